The number of anilines is 3. The van der Waals surface area contributed by atoms with Gasteiger partial charge in [0.05, 0.1) is 24.5 Å². The minimum absolute atomic E-state index is 0.106. The Morgan fingerprint density at radius 3 is 2.55 bits per heavy atom. The molecule has 4 aromatic heterocycles. The third-order valence-electron chi connectivity index (χ3n) is 8.57. The van der Waals surface area contributed by atoms with Crippen LogP contribution >= 0.6 is 11.3 Å². The largest absolute Gasteiger partial charge is 0.439 e. The van der Waals surface area contributed by atoms with E-state index in [2.05, 4.69) is 9.97 Å². The first-order valence-electron chi connectivity index (χ1n) is 14.7. The van der Waals surface area contributed by atoms with Crippen LogP contribution in [0.4, 0.5) is 22.0 Å². The zero-order chi connectivity index (χ0) is 30.5. The van der Waals surface area contributed by atoms with E-state index in [9.17, 15) is 14.4 Å². The minimum Gasteiger partial charge on any atom is -0.439 e. The summed E-state index contributed by atoms with van der Waals surface area (Å²) in [4.78, 5) is 49.6. The number of halogens is 1. The molecule has 0 N–H and O–H groups in total. The number of aromatic nitrogens is 3. The lowest BCUT2D eigenvalue weighted by Gasteiger charge is -2.27. The summed E-state index contributed by atoms with van der Waals surface area (Å²) < 4.78 is 29.6. The Morgan fingerprint density at radius 1 is 1.11 bits per heavy atom. The van der Waals surface area contributed by atoms with E-state index in [0.29, 0.717) is 64.2 Å². The van der Waals surface area contributed by atoms with E-state index >= 15 is 4.48 Å². The minimum atomic E-state index is -0.389. The maximum Gasteiger partial charge on any atom is 0.263 e. The van der Waals surface area contributed by atoms with Gasteiger partial charge in [-0.2, -0.15) is 4.98 Å². The fraction of sp³-hybridized carbons (Fsp3) is 0.344. The van der Waals surface area contributed by atoms with Crippen molar-refractivity contribution < 1.29 is 18.4 Å². The van der Waals surface area contributed by atoms with Crippen molar-refractivity contribution in [3.63, 3.8) is 0 Å². The fourth-order valence-corrected chi connectivity index (χ4v) is 7.20. The Kier molecular flexibility index (Phi) is 7.25. The van der Waals surface area contributed by atoms with E-state index in [0.717, 1.165) is 36.8 Å². The number of Topliss-reactive ketones (excluding diaryl/α,β-unsaturated/α-hetero) is 1. The first-order valence-corrected chi connectivity index (χ1v) is 15.6. The molecule has 1 saturated heterocycles. The first-order chi connectivity index (χ1) is 21.3. The van der Waals surface area contributed by atoms with E-state index < -0.39 is 0 Å². The van der Waals surface area contributed by atoms with Crippen LogP contribution in [-0.2, 0) is 4.74 Å². The Labute approximate surface area is 255 Å². The standard InChI is InChI=1S/C32H30FN5O5S/c1-18-23-16-34-32(35-30(23)37(21-5-3-4-6-21)31(41)27(18)19(2)39)38(33)22-9-7-20(8-10-22)24-17-44-29-25(40)15-26(43-28(24)29)36-11-13-42-14-12-36/h7-10,15-17,21H,3-6,11-14H2,1-2H3. The van der Waals surface area contributed by atoms with E-state index in [1.807, 2.05) is 10.3 Å². The number of carbonyl (C=O) groups is 1. The van der Waals surface area contributed by atoms with Gasteiger partial charge in [-0.15, -0.1) is 16.5 Å². The molecule has 1 saturated carbocycles. The van der Waals surface area contributed by atoms with Crippen molar-refractivity contribution in [1.82, 2.24) is 14.5 Å². The predicted octanol–water partition coefficient (Wildman–Crippen LogP) is 6.11. The molecule has 5 aromatic rings. The third-order valence-corrected chi connectivity index (χ3v) is 9.55. The zero-order valence-electron chi connectivity index (χ0n) is 24.3. The quantitative estimate of drug-likeness (QED) is 0.165. The lowest BCUT2D eigenvalue weighted by Crippen LogP contribution is -2.36. The van der Waals surface area contributed by atoms with Gasteiger partial charge in [0.25, 0.3) is 11.5 Å². The van der Waals surface area contributed by atoms with Gasteiger partial charge in [-0.3, -0.25) is 19.0 Å². The van der Waals surface area contributed by atoms with E-state index in [1.165, 1.54) is 30.5 Å². The summed E-state index contributed by atoms with van der Waals surface area (Å²) in [6.45, 7) is 5.50. The molecule has 5 heterocycles. The lowest BCUT2D eigenvalue weighted by molar-refractivity contribution is 0.101. The Balaban J connectivity index is 1.24. The molecule has 12 heteroatoms. The number of aryl methyl sites for hydroxylation is 1. The Bertz CT molecular complexity index is 2020. The molecular formula is C32H30FN5O5S. The van der Waals surface area contributed by atoms with Gasteiger partial charge in [0.15, 0.2) is 17.3 Å². The number of morpholine rings is 1. The number of thiophene rings is 1. The van der Waals surface area contributed by atoms with Crippen molar-refractivity contribution in [2.75, 3.05) is 36.3 Å². The van der Waals surface area contributed by atoms with Crippen LogP contribution in [0.5, 0.6) is 0 Å². The number of benzene rings is 1. The number of pyridine rings is 1. The lowest BCUT2D eigenvalue weighted by atomic mass is 10.0. The van der Waals surface area contributed by atoms with Crippen molar-refractivity contribution in [2.45, 2.75) is 45.6 Å². The summed E-state index contributed by atoms with van der Waals surface area (Å²) in [5.41, 5.74) is 2.65. The number of ketones is 1. The van der Waals surface area contributed by atoms with Crippen LogP contribution in [0.2, 0.25) is 0 Å². The average molecular weight is 616 g/mol. The topological polar surface area (TPSA) is 111 Å². The summed E-state index contributed by atoms with van der Waals surface area (Å²) in [5.74, 6) is -0.0203. The molecule has 0 radical (unpaired) electrons. The summed E-state index contributed by atoms with van der Waals surface area (Å²) in [6.07, 6.45) is 5.01. The van der Waals surface area contributed by atoms with Crippen LogP contribution in [0.3, 0.4) is 0 Å². The maximum absolute atomic E-state index is 15.8. The van der Waals surface area contributed by atoms with Gasteiger partial charge in [-0.25, -0.2) is 4.98 Å². The van der Waals surface area contributed by atoms with Crippen LogP contribution in [0.25, 0.3) is 32.4 Å². The monoisotopic (exact) mass is 615 g/mol. The summed E-state index contributed by atoms with van der Waals surface area (Å²) in [6, 6.07) is 8.13. The number of hydrogen-bond donors (Lipinski definition) is 0. The van der Waals surface area contributed by atoms with Crippen LogP contribution < -0.4 is 21.0 Å². The first kappa shape index (κ1) is 28.4. The highest BCUT2D eigenvalue weighted by molar-refractivity contribution is 7.17. The highest BCUT2D eigenvalue weighted by Crippen LogP contribution is 2.37. The molecule has 44 heavy (non-hydrogen) atoms. The average Bonchev–Trinajstić information content (AvgIpc) is 3.72. The molecular weight excluding hydrogens is 585 g/mol. The Morgan fingerprint density at radius 2 is 1.84 bits per heavy atom. The van der Waals surface area contributed by atoms with Crippen LogP contribution in [0.15, 0.2) is 55.9 Å². The molecule has 0 spiro atoms. The predicted molar refractivity (Wildman–Crippen MR) is 168 cm³/mol. The SMILES string of the molecule is CC(=O)c1c(C)c2cnc(N(F)c3ccc(-c4csc5c(=O)cc(N6CCOCC6)oc45)cc3)nc2n(C2CCCC2)c1=O. The molecule has 1 aliphatic heterocycles. The van der Waals surface area contributed by atoms with Gasteiger partial charge in [0.2, 0.25) is 5.43 Å². The number of fused-ring (bicyclic) bond motifs is 2. The number of ether oxygens (including phenoxy) is 1. The molecule has 0 bridgehead atoms. The zero-order valence-corrected chi connectivity index (χ0v) is 25.2. The molecule has 7 rings (SSSR count). The number of nitrogens with zero attached hydrogens (tertiary/aromatic N) is 5. The van der Waals surface area contributed by atoms with Gasteiger partial charge in [0, 0.05) is 47.7 Å². The normalized spacial score (nSPS) is 15.8. The number of hydrogen-bond acceptors (Lipinski definition) is 10. The van der Waals surface area contributed by atoms with Crippen molar-refractivity contribution in [2.24, 2.45) is 0 Å². The molecule has 2 aliphatic rings. The second kappa shape index (κ2) is 11.3. The second-order valence-electron chi connectivity index (χ2n) is 11.3. The summed E-state index contributed by atoms with van der Waals surface area (Å²) in [7, 11) is 0. The van der Waals surface area contributed by atoms with E-state index in [4.69, 9.17) is 9.15 Å². The molecule has 2 fully saturated rings. The molecule has 226 valence electrons. The van der Waals surface area contributed by atoms with Gasteiger partial charge in [-0.1, -0.05) is 29.5 Å². The summed E-state index contributed by atoms with van der Waals surface area (Å²) >= 11 is 1.31. The van der Waals surface area contributed by atoms with Crippen LogP contribution in [-0.4, -0.2) is 46.6 Å². The number of rotatable bonds is 6. The molecule has 0 amide bonds. The molecule has 10 nitrogen and oxygen atoms in total. The van der Waals surface area contributed by atoms with Gasteiger partial charge in [-0.05, 0) is 49.9 Å². The van der Waals surface area contributed by atoms with Gasteiger partial charge >= 0.3 is 0 Å². The van der Waals surface area contributed by atoms with Crippen LogP contribution in [0.1, 0.15) is 54.6 Å². The van der Waals surface area contributed by atoms with Gasteiger partial charge < -0.3 is 14.1 Å². The van der Waals surface area contributed by atoms with Crippen molar-refractivity contribution in [1.29, 1.82) is 0 Å². The van der Waals surface area contributed by atoms with Crippen molar-refractivity contribution in [3.05, 3.63) is 73.6 Å². The van der Waals surface area contributed by atoms with Gasteiger partial charge in [0.1, 0.15) is 10.3 Å². The maximum atomic E-state index is 15.8. The van der Waals surface area contributed by atoms with Crippen LogP contribution in [0, 0.1) is 6.92 Å². The summed E-state index contributed by atoms with van der Waals surface area (Å²) in [5, 5.41) is 2.80. The van der Waals surface area contributed by atoms with E-state index in [-0.39, 0.29) is 40.0 Å². The number of carbonyl (C=O) groups excluding carboxylic acids is 1. The highest BCUT2D eigenvalue weighted by Gasteiger charge is 2.27. The van der Waals surface area contributed by atoms with Crippen molar-refractivity contribution >= 4 is 56.0 Å². The smallest absolute Gasteiger partial charge is 0.263 e. The Hall–Kier alpha value is -4.42. The highest BCUT2D eigenvalue weighted by atomic mass is 32.1. The van der Waals surface area contributed by atoms with Crippen molar-refractivity contribution in [3.8, 4) is 11.1 Å². The molecule has 0 unspecified atom stereocenters. The molecule has 1 aliphatic carbocycles. The second-order valence-corrected chi connectivity index (χ2v) is 12.1. The molecule has 1 aromatic carbocycles. The fourth-order valence-electron chi connectivity index (χ4n) is 6.29. The third kappa shape index (κ3) is 4.78. The van der Waals surface area contributed by atoms with E-state index in [1.54, 1.807) is 35.8 Å². The molecule has 0 atom stereocenters.